The normalized spacial score (nSPS) is 14.7. The first kappa shape index (κ1) is 23.4. The van der Waals surface area contributed by atoms with Crippen molar-refractivity contribution in [3.05, 3.63) is 143 Å². The van der Waals surface area contributed by atoms with E-state index in [9.17, 15) is 0 Å². The van der Waals surface area contributed by atoms with Gasteiger partial charge in [-0.25, -0.2) is 0 Å². The highest BCUT2D eigenvalue weighted by molar-refractivity contribution is 6.17. The zero-order valence-electron chi connectivity index (χ0n) is 22.4. The van der Waals surface area contributed by atoms with Gasteiger partial charge < -0.3 is 0 Å². The third-order valence-electron chi connectivity index (χ3n) is 8.24. The summed E-state index contributed by atoms with van der Waals surface area (Å²) in [5.74, 6) is 0. The summed E-state index contributed by atoms with van der Waals surface area (Å²) in [5, 5.41) is 2.60. The van der Waals surface area contributed by atoms with Gasteiger partial charge in [0, 0.05) is 11.5 Å². The Kier molecular flexibility index (Phi) is 5.55. The van der Waals surface area contributed by atoms with Crippen LogP contribution < -0.4 is 4.67 Å². The average Bonchev–Trinajstić information content (AvgIpc) is 3.58. The highest BCUT2D eigenvalue weighted by Gasteiger charge is 2.37. The van der Waals surface area contributed by atoms with Crippen LogP contribution in [0.25, 0.3) is 44.7 Å². The molecule has 0 aromatic heterocycles. The predicted molar refractivity (Wildman–Crippen MR) is 168 cm³/mol. The van der Waals surface area contributed by atoms with Gasteiger partial charge in [-0.05, 0) is 85.5 Å². The van der Waals surface area contributed by atoms with E-state index in [2.05, 4.69) is 140 Å². The zero-order valence-corrected chi connectivity index (χ0v) is 22.4. The summed E-state index contributed by atoms with van der Waals surface area (Å²) in [6, 6.07) is 38.0. The summed E-state index contributed by atoms with van der Waals surface area (Å²) in [6.07, 6.45) is 11.2. The molecule has 0 bridgehead atoms. The van der Waals surface area contributed by atoms with Crippen LogP contribution in [0.1, 0.15) is 41.7 Å². The van der Waals surface area contributed by atoms with E-state index in [1.807, 2.05) is 12.4 Å². The van der Waals surface area contributed by atoms with Gasteiger partial charge in [-0.15, -0.1) is 4.67 Å². The molecule has 0 saturated carbocycles. The highest BCUT2D eigenvalue weighted by atomic mass is 14.5. The molecule has 2 aliphatic rings. The van der Waals surface area contributed by atoms with Gasteiger partial charge in [-0.2, -0.15) is 0 Å². The van der Waals surface area contributed by atoms with Crippen LogP contribution in [0.3, 0.4) is 0 Å². The second-order valence-electron chi connectivity index (χ2n) is 11.1. The molecule has 1 heteroatoms. The maximum Gasteiger partial charge on any atom is 0.300 e. The van der Waals surface area contributed by atoms with Crippen molar-refractivity contribution in [2.75, 3.05) is 0 Å². The fourth-order valence-electron chi connectivity index (χ4n) is 6.19. The van der Waals surface area contributed by atoms with Crippen molar-refractivity contribution in [1.82, 2.24) is 4.67 Å². The molecule has 39 heavy (non-hydrogen) atoms. The van der Waals surface area contributed by atoms with Crippen LogP contribution in [0.15, 0.2) is 115 Å². The Morgan fingerprint density at radius 2 is 1.49 bits per heavy atom. The van der Waals surface area contributed by atoms with Gasteiger partial charge in [0.25, 0.3) is 12.4 Å². The van der Waals surface area contributed by atoms with E-state index in [-0.39, 0.29) is 5.41 Å². The van der Waals surface area contributed by atoms with Crippen LogP contribution in [0.5, 0.6) is 0 Å². The number of rotatable bonds is 5. The third kappa shape index (κ3) is 4.09. The molecular formula is C38H30N+. The van der Waals surface area contributed by atoms with Gasteiger partial charge in [-0.1, -0.05) is 111 Å². The molecule has 5 aromatic carbocycles. The molecule has 0 amide bonds. The minimum Gasteiger partial charge on any atom is -0.100 e. The van der Waals surface area contributed by atoms with Crippen LogP contribution in [-0.2, 0) is 11.8 Å². The van der Waals surface area contributed by atoms with Gasteiger partial charge in [0.1, 0.15) is 0 Å². The smallest absolute Gasteiger partial charge is 0.100 e. The van der Waals surface area contributed by atoms with Crippen molar-refractivity contribution in [3.8, 4) is 22.3 Å². The summed E-state index contributed by atoms with van der Waals surface area (Å²) >= 11 is 0. The van der Waals surface area contributed by atoms with E-state index in [0.29, 0.717) is 0 Å². The van der Waals surface area contributed by atoms with E-state index in [4.69, 9.17) is 0 Å². The van der Waals surface area contributed by atoms with E-state index in [0.717, 1.165) is 6.42 Å². The second-order valence-corrected chi connectivity index (χ2v) is 11.1. The molecular weight excluding hydrogens is 470 g/mol. The standard InChI is InChI=1S/C38H30N/c1-38(2)35-18-8-17-33(37(35)34-23-29-13-3-4-14-30(29)24-36(34)38)31-16-7-12-27(22-31)10-5-9-26-11-6-15-28(21-26)32-19-20-39-25-32/h3-8,10-25H,9H2,1-2H3/q+1/b10-5+. The first-order chi connectivity index (χ1) is 19.1. The lowest BCUT2D eigenvalue weighted by atomic mass is 9.81. The highest BCUT2D eigenvalue weighted by Crippen LogP contribution is 2.53. The number of allylic oxidation sites excluding steroid dienone is 3. The van der Waals surface area contributed by atoms with Crippen LogP contribution >= 0.6 is 0 Å². The second kappa shape index (κ2) is 9.24. The largest absolute Gasteiger partial charge is 0.300 e. The molecule has 0 spiro atoms. The topological polar surface area (TPSA) is 14.1 Å². The number of hydrogen-bond acceptors (Lipinski definition) is 0. The van der Waals surface area contributed by atoms with Crippen molar-refractivity contribution in [1.29, 1.82) is 0 Å². The maximum absolute atomic E-state index is 4.20. The lowest BCUT2D eigenvalue weighted by Crippen LogP contribution is -2.14. The molecule has 1 aliphatic carbocycles. The molecule has 0 saturated heterocycles. The average molecular weight is 501 g/mol. The van der Waals surface area contributed by atoms with Crippen molar-refractivity contribution in [2.45, 2.75) is 25.7 Å². The first-order valence-electron chi connectivity index (χ1n) is 13.7. The molecule has 1 heterocycles. The van der Waals surface area contributed by atoms with Crippen molar-refractivity contribution in [3.63, 3.8) is 0 Å². The van der Waals surface area contributed by atoms with E-state index in [1.54, 1.807) is 0 Å². The van der Waals surface area contributed by atoms with Crippen molar-refractivity contribution in [2.24, 2.45) is 0 Å². The number of benzene rings is 5. The SMILES string of the molecule is CC1(C)c2cc3ccccc3cc2-c2c(-c3cccc(/C=C/Cc4cccc(C5=CC=[N+]=C5)c4)c3)cccc21. The minimum atomic E-state index is -0.0326. The number of fused-ring (bicyclic) bond motifs is 4. The van der Waals surface area contributed by atoms with E-state index >= 15 is 0 Å². The van der Waals surface area contributed by atoms with Gasteiger partial charge in [-0.3, -0.25) is 0 Å². The van der Waals surface area contributed by atoms with Gasteiger partial charge >= 0.3 is 0 Å². The monoisotopic (exact) mass is 500 g/mol. The van der Waals surface area contributed by atoms with Crippen LogP contribution in [0.2, 0.25) is 0 Å². The van der Waals surface area contributed by atoms with Crippen LogP contribution in [-0.4, -0.2) is 12.4 Å². The summed E-state index contributed by atoms with van der Waals surface area (Å²) < 4.78 is 4.20. The number of hydrogen-bond donors (Lipinski definition) is 0. The minimum absolute atomic E-state index is 0.0326. The number of nitrogens with zero attached hydrogens (tertiary/aromatic N) is 1. The predicted octanol–water partition coefficient (Wildman–Crippen LogP) is 8.67. The van der Waals surface area contributed by atoms with E-state index < -0.39 is 0 Å². The van der Waals surface area contributed by atoms with Crippen molar-refractivity contribution < 1.29 is 0 Å². The Bertz CT molecular complexity index is 1890. The molecule has 7 rings (SSSR count). The van der Waals surface area contributed by atoms with Crippen LogP contribution in [0.4, 0.5) is 0 Å². The fraction of sp³-hybridized carbons (Fsp3) is 0.105. The van der Waals surface area contributed by atoms with Crippen LogP contribution in [0, 0.1) is 0 Å². The molecule has 1 aliphatic heterocycles. The third-order valence-corrected chi connectivity index (χ3v) is 8.24. The lowest BCUT2D eigenvalue weighted by Gasteiger charge is -2.22. The van der Waals surface area contributed by atoms with Gasteiger partial charge in [0.2, 0.25) is 0 Å². The summed E-state index contributed by atoms with van der Waals surface area (Å²) in [5.41, 5.74) is 13.0. The summed E-state index contributed by atoms with van der Waals surface area (Å²) in [6.45, 7) is 4.72. The Balaban J connectivity index is 1.22. The van der Waals surface area contributed by atoms with Gasteiger partial charge in [0.05, 0.1) is 5.57 Å². The fourth-order valence-corrected chi connectivity index (χ4v) is 6.19. The Morgan fingerprint density at radius 1 is 0.692 bits per heavy atom. The molecule has 0 radical (unpaired) electrons. The Morgan fingerprint density at radius 3 is 2.33 bits per heavy atom. The Hall–Kier alpha value is -4.71. The van der Waals surface area contributed by atoms with E-state index in [1.165, 1.54) is 66.4 Å². The zero-order chi connectivity index (χ0) is 26.4. The molecule has 0 unspecified atom stereocenters. The molecule has 0 N–H and O–H groups in total. The van der Waals surface area contributed by atoms with Gasteiger partial charge in [0.15, 0.2) is 0 Å². The molecule has 1 nitrogen and oxygen atoms in total. The maximum atomic E-state index is 4.20. The molecule has 0 atom stereocenters. The van der Waals surface area contributed by atoms with Crippen molar-refractivity contribution >= 4 is 34.9 Å². The molecule has 186 valence electrons. The quantitative estimate of drug-likeness (QED) is 0.214. The Labute approximate surface area is 230 Å². The molecule has 5 aromatic rings. The molecule has 0 fully saturated rings. The lowest BCUT2D eigenvalue weighted by molar-refractivity contribution is 0.661. The first-order valence-corrected chi connectivity index (χ1v) is 13.7. The summed E-state index contributed by atoms with van der Waals surface area (Å²) in [7, 11) is 0. The summed E-state index contributed by atoms with van der Waals surface area (Å²) in [4.78, 5) is 0.